The number of hydrogen-bond donors (Lipinski definition) is 1. The summed E-state index contributed by atoms with van der Waals surface area (Å²) in [5.41, 5.74) is 6.50. The standard InChI is InChI=1S/C7H10N6/c1-12-3-6(2-9-12)4-13-5-7(8)10-11-13/h2-3,5H,4,8H2,1H3. The Bertz CT molecular complexity index is 362. The second-order valence-corrected chi connectivity index (χ2v) is 2.86. The fourth-order valence-corrected chi connectivity index (χ4v) is 1.13. The highest BCUT2D eigenvalue weighted by Gasteiger charge is 1.99. The van der Waals surface area contributed by atoms with Gasteiger partial charge in [-0.25, -0.2) is 4.68 Å². The molecule has 0 bridgehead atoms. The van der Waals surface area contributed by atoms with Crippen molar-refractivity contribution in [2.24, 2.45) is 7.05 Å². The molecule has 0 aromatic carbocycles. The largest absolute Gasteiger partial charge is 0.381 e. The minimum atomic E-state index is 0.434. The van der Waals surface area contributed by atoms with Gasteiger partial charge in [-0.1, -0.05) is 5.21 Å². The van der Waals surface area contributed by atoms with Crippen LogP contribution in [-0.2, 0) is 13.6 Å². The SMILES string of the molecule is Cn1cc(Cn2cc(N)nn2)cn1. The lowest BCUT2D eigenvalue weighted by molar-refractivity contribution is 0.649. The van der Waals surface area contributed by atoms with Crippen LogP contribution in [-0.4, -0.2) is 24.8 Å². The highest BCUT2D eigenvalue weighted by Crippen LogP contribution is 2.00. The summed E-state index contributed by atoms with van der Waals surface area (Å²) < 4.78 is 3.42. The summed E-state index contributed by atoms with van der Waals surface area (Å²) >= 11 is 0. The van der Waals surface area contributed by atoms with Crippen molar-refractivity contribution in [2.75, 3.05) is 5.73 Å². The van der Waals surface area contributed by atoms with E-state index in [2.05, 4.69) is 15.4 Å². The average molecular weight is 178 g/mol. The van der Waals surface area contributed by atoms with Crippen molar-refractivity contribution in [1.82, 2.24) is 24.8 Å². The Morgan fingerprint density at radius 3 is 2.85 bits per heavy atom. The van der Waals surface area contributed by atoms with E-state index in [1.165, 1.54) is 0 Å². The van der Waals surface area contributed by atoms with Gasteiger partial charge in [0, 0.05) is 18.8 Å². The first kappa shape index (κ1) is 7.78. The molecule has 2 heterocycles. The molecule has 0 aliphatic heterocycles. The summed E-state index contributed by atoms with van der Waals surface area (Å²) in [6.07, 6.45) is 5.41. The molecular formula is C7H10N6. The van der Waals surface area contributed by atoms with E-state index in [9.17, 15) is 0 Å². The van der Waals surface area contributed by atoms with Crippen molar-refractivity contribution in [3.8, 4) is 0 Å². The van der Waals surface area contributed by atoms with E-state index in [4.69, 9.17) is 5.73 Å². The molecule has 0 spiro atoms. The van der Waals surface area contributed by atoms with Crippen molar-refractivity contribution in [3.63, 3.8) is 0 Å². The number of aryl methyl sites for hydroxylation is 1. The van der Waals surface area contributed by atoms with E-state index in [0.29, 0.717) is 12.4 Å². The molecule has 0 saturated heterocycles. The number of hydrogen-bond acceptors (Lipinski definition) is 4. The van der Waals surface area contributed by atoms with Crippen LogP contribution >= 0.6 is 0 Å². The molecule has 0 aliphatic rings. The molecule has 0 unspecified atom stereocenters. The zero-order valence-electron chi connectivity index (χ0n) is 7.25. The van der Waals surface area contributed by atoms with Gasteiger partial charge in [-0.3, -0.25) is 4.68 Å². The van der Waals surface area contributed by atoms with E-state index in [-0.39, 0.29) is 0 Å². The summed E-state index contributed by atoms with van der Waals surface area (Å²) in [6, 6.07) is 0. The minimum Gasteiger partial charge on any atom is -0.381 e. The molecular weight excluding hydrogens is 168 g/mol. The van der Waals surface area contributed by atoms with Crippen LogP contribution in [0, 0.1) is 0 Å². The molecule has 2 N–H and O–H groups in total. The second-order valence-electron chi connectivity index (χ2n) is 2.86. The van der Waals surface area contributed by atoms with Gasteiger partial charge in [-0.2, -0.15) is 5.10 Å². The lowest BCUT2D eigenvalue weighted by atomic mass is 10.4. The van der Waals surface area contributed by atoms with Crippen LogP contribution in [0.1, 0.15) is 5.56 Å². The van der Waals surface area contributed by atoms with Gasteiger partial charge in [0.25, 0.3) is 0 Å². The summed E-state index contributed by atoms with van der Waals surface area (Å²) in [7, 11) is 1.87. The Hall–Kier alpha value is -1.85. The lowest BCUT2D eigenvalue weighted by Gasteiger charge is -1.94. The van der Waals surface area contributed by atoms with Crippen molar-refractivity contribution in [2.45, 2.75) is 6.54 Å². The zero-order valence-corrected chi connectivity index (χ0v) is 7.25. The van der Waals surface area contributed by atoms with E-state index in [1.54, 1.807) is 21.8 Å². The van der Waals surface area contributed by atoms with E-state index < -0.39 is 0 Å². The van der Waals surface area contributed by atoms with E-state index in [0.717, 1.165) is 5.56 Å². The molecule has 0 aliphatic carbocycles. The van der Waals surface area contributed by atoms with Crippen molar-refractivity contribution in [1.29, 1.82) is 0 Å². The van der Waals surface area contributed by atoms with Crippen LogP contribution in [0.15, 0.2) is 18.6 Å². The van der Waals surface area contributed by atoms with Gasteiger partial charge in [0.2, 0.25) is 0 Å². The van der Waals surface area contributed by atoms with Crippen LogP contribution in [0.5, 0.6) is 0 Å². The Kier molecular flexibility index (Phi) is 1.73. The third kappa shape index (κ3) is 1.66. The van der Waals surface area contributed by atoms with E-state index >= 15 is 0 Å². The van der Waals surface area contributed by atoms with E-state index in [1.807, 2.05) is 13.2 Å². The first-order valence-electron chi connectivity index (χ1n) is 3.87. The summed E-state index contributed by atoms with van der Waals surface area (Å²) in [6.45, 7) is 0.651. The van der Waals surface area contributed by atoms with Crippen LogP contribution in [0.4, 0.5) is 5.82 Å². The van der Waals surface area contributed by atoms with Crippen molar-refractivity contribution in [3.05, 3.63) is 24.2 Å². The smallest absolute Gasteiger partial charge is 0.165 e. The van der Waals surface area contributed by atoms with Gasteiger partial charge in [0.15, 0.2) is 5.82 Å². The predicted octanol–water partition coefficient (Wildman–Crippen LogP) is -0.358. The number of aromatic nitrogens is 5. The van der Waals surface area contributed by atoms with Crippen LogP contribution in [0.2, 0.25) is 0 Å². The molecule has 68 valence electrons. The molecule has 2 aromatic rings. The Balaban J connectivity index is 2.14. The topological polar surface area (TPSA) is 74.5 Å². The first-order valence-corrected chi connectivity index (χ1v) is 3.87. The Morgan fingerprint density at radius 1 is 1.46 bits per heavy atom. The second kappa shape index (κ2) is 2.89. The molecule has 0 radical (unpaired) electrons. The molecule has 6 nitrogen and oxygen atoms in total. The summed E-state index contributed by atoms with van der Waals surface area (Å²) in [5.74, 6) is 0.434. The molecule has 2 aromatic heterocycles. The highest BCUT2D eigenvalue weighted by molar-refractivity contribution is 5.20. The molecule has 6 heteroatoms. The first-order chi connectivity index (χ1) is 6.24. The van der Waals surface area contributed by atoms with Gasteiger partial charge in [0.05, 0.1) is 18.9 Å². The van der Waals surface area contributed by atoms with Gasteiger partial charge < -0.3 is 5.73 Å². The third-order valence-electron chi connectivity index (χ3n) is 1.66. The maximum absolute atomic E-state index is 5.42. The number of nitrogen functional groups attached to an aromatic ring is 1. The number of anilines is 1. The van der Waals surface area contributed by atoms with Gasteiger partial charge in [-0.15, -0.1) is 5.10 Å². The molecule has 0 atom stereocenters. The van der Waals surface area contributed by atoms with Crippen LogP contribution in [0.25, 0.3) is 0 Å². The minimum absolute atomic E-state index is 0.434. The molecule has 0 amide bonds. The zero-order chi connectivity index (χ0) is 9.26. The Morgan fingerprint density at radius 2 is 2.31 bits per heavy atom. The van der Waals surface area contributed by atoms with Gasteiger partial charge in [0.1, 0.15) is 0 Å². The molecule has 2 rings (SSSR count). The molecule has 0 fully saturated rings. The highest BCUT2D eigenvalue weighted by atomic mass is 15.4. The maximum atomic E-state index is 5.42. The third-order valence-corrected chi connectivity index (χ3v) is 1.66. The summed E-state index contributed by atoms with van der Waals surface area (Å²) in [4.78, 5) is 0. The molecule has 13 heavy (non-hydrogen) atoms. The average Bonchev–Trinajstić information content (AvgIpc) is 2.62. The number of nitrogens with zero attached hydrogens (tertiary/aromatic N) is 5. The lowest BCUT2D eigenvalue weighted by Crippen LogP contribution is -1.99. The van der Waals surface area contributed by atoms with Gasteiger partial charge >= 0.3 is 0 Å². The monoisotopic (exact) mass is 178 g/mol. The predicted molar refractivity (Wildman–Crippen MR) is 46.7 cm³/mol. The fourth-order valence-electron chi connectivity index (χ4n) is 1.13. The number of rotatable bonds is 2. The summed E-state index contributed by atoms with van der Waals surface area (Å²) in [5, 5.41) is 11.6. The fraction of sp³-hybridized carbons (Fsp3) is 0.286. The van der Waals surface area contributed by atoms with Crippen LogP contribution in [0.3, 0.4) is 0 Å². The molecule has 0 saturated carbocycles. The van der Waals surface area contributed by atoms with Crippen molar-refractivity contribution >= 4 is 5.82 Å². The van der Waals surface area contributed by atoms with Crippen molar-refractivity contribution < 1.29 is 0 Å². The maximum Gasteiger partial charge on any atom is 0.165 e. The quantitative estimate of drug-likeness (QED) is 0.681. The number of nitrogens with two attached hydrogens (primary N) is 1. The van der Waals surface area contributed by atoms with Crippen LogP contribution < -0.4 is 5.73 Å². The Labute approximate surface area is 75.0 Å². The van der Waals surface area contributed by atoms with Gasteiger partial charge in [-0.05, 0) is 0 Å². The normalized spacial score (nSPS) is 10.5.